The van der Waals surface area contributed by atoms with Crippen molar-refractivity contribution >= 4 is 55.6 Å². The van der Waals surface area contributed by atoms with Crippen LogP contribution in [-0.2, 0) is 19.6 Å². The number of halogens is 1. The Kier molecular flexibility index (Phi) is 5.70. The Morgan fingerprint density at radius 2 is 1.84 bits per heavy atom. The van der Waals surface area contributed by atoms with Crippen LogP contribution in [0.15, 0.2) is 59.5 Å². The molecule has 0 fully saturated rings. The number of benzene rings is 3. The van der Waals surface area contributed by atoms with Crippen molar-refractivity contribution in [3.63, 3.8) is 0 Å². The molecule has 32 heavy (non-hydrogen) atoms. The molecule has 2 amide bonds. The number of likely N-dealkylation sites (N-methyl/N-ethyl adjacent to an activating group) is 1. The molecule has 4 rings (SSSR count). The van der Waals surface area contributed by atoms with Crippen LogP contribution in [-0.4, -0.2) is 52.4 Å². The SMILES string of the molecule is COc1ccc(Cl)cc1NC(=O)CN(C)C(=O)CN1c2cccc3cccc(c23)S1(=O)=O. The van der Waals surface area contributed by atoms with E-state index in [1.54, 1.807) is 30.3 Å². The molecule has 1 aliphatic rings. The van der Waals surface area contributed by atoms with E-state index in [0.717, 1.165) is 9.69 Å². The summed E-state index contributed by atoms with van der Waals surface area (Å²) in [6.07, 6.45) is 0. The zero-order valence-electron chi connectivity index (χ0n) is 17.3. The summed E-state index contributed by atoms with van der Waals surface area (Å²) in [5.41, 5.74) is 0.822. The second-order valence-corrected chi connectivity index (χ2v) is 9.55. The van der Waals surface area contributed by atoms with E-state index in [1.807, 2.05) is 12.1 Å². The molecule has 0 aliphatic carbocycles. The number of nitrogens with one attached hydrogen (secondary N) is 1. The van der Waals surface area contributed by atoms with Crippen molar-refractivity contribution in [3.05, 3.63) is 59.6 Å². The van der Waals surface area contributed by atoms with Gasteiger partial charge in [-0.3, -0.25) is 13.9 Å². The highest BCUT2D eigenvalue weighted by molar-refractivity contribution is 7.93. The zero-order chi connectivity index (χ0) is 23.0. The van der Waals surface area contributed by atoms with Crippen LogP contribution in [0.5, 0.6) is 5.75 Å². The smallest absolute Gasteiger partial charge is 0.265 e. The number of hydrogen-bond donors (Lipinski definition) is 1. The Labute approximate surface area is 190 Å². The fraction of sp³-hybridized carbons (Fsp3) is 0.182. The third-order valence-corrected chi connectivity index (χ3v) is 7.24. The van der Waals surface area contributed by atoms with Gasteiger partial charge < -0.3 is 15.0 Å². The third kappa shape index (κ3) is 3.85. The molecule has 1 aliphatic heterocycles. The van der Waals surface area contributed by atoms with Gasteiger partial charge in [0.05, 0.1) is 29.9 Å². The molecule has 166 valence electrons. The van der Waals surface area contributed by atoms with Crippen LogP contribution < -0.4 is 14.4 Å². The minimum absolute atomic E-state index is 0.173. The molecule has 0 bridgehead atoms. The zero-order valence-corrected chi connectivity index (χ0v) is 18.9. The predicted molar refractivity (Wildman–Crippen MR) is 123 cm³/mol. The number of hydrogen-bond acceptors (Lipinski definition) is 5. The average Bonchev–Trinajstić information content (AvgIpc) is 2.97. The van der Waals surface area contributed by atoms with Gasteiger partial charge in [-0.25, -0.2) is 8.42 Å². The molecule has 1 heterocycles. The van der Waals surface area contributed by atoms with Crippen LogP contribution in [0.2, 0.25) is 5.02 Å². The summed E-state index contributed by atoms with van der Waals surface area (Å²) in [7, 11) is -0.964. The Hall–Kier alpha value is -3.30. The summed E-state index contributed by atoms with van der Waals surface area (Å²) in [4.78, 5) is 26.6. The van der Waals surface area contributed by atoms with E-state index in [2.05, 4.69) is 5.32 Å². The first kappa shape index (κ1) is 21.9. The molecule has 3 aromatic carbocycles. The number of carbonyl (C=O) groups excluding carboxylic acids is 2. The van der Waals surface area contributed by atoms with Crippen molar-refractivity contribution < 1.29 is 22.7 Å². The second-order valence-electron chi connectivity index (χ2n) is 7.29. The third-order valence-electron chi connectivity index (χ3n) is 5.20. The fourth-order valence-corrected chi connectivity index (χ4v) is 5.48. The predicted octanol–water partition coefficient (Wildman–Crippen LogP) is 3.11. The molecule has 0 aromatic heterocycles. The highest BCUT2D eigenvalue weighted by Gasteiger charge is 2.37. The topological polar surface area (TPSA) is 96.0 Å². The van der Waals surface area contributed by atoms with Gasteiger partial charge in [0.2, 0.25) is 11.8 Å². The molecule has 8 nitrogen and oxygen atoms in total. The van der Waals surface area contributed by atoms with Crippen LogP contribution in [0, 0.1) is 0 Å². The largest absolute Gasteiger partial charge is 0.495 e. The lowest BCUT2D eigenvalue weighted by atomic mass is 10.1. The average molecular weight is 474 g/mol. The van der Waals surface area contributed by atoms with E-state index < -0.39 is 28.4 Å². The van der Waals surface area contributed by atoms with E-state index in [4.69, 9.17) is 16.3 Å². The maximum Gasteiger partial charge on any atom is 0.265 e. The van der Waals surface area contributed by atoms with Crippen LogP contribution in [0.3, 0.4) is 0 Å². The quantitative estimate of drug-likeness (QED) is 0.593. The summed E-state index contributed by atoms with van der Waals surface area (Å²) >= 11 is 5.97. The minimum Gasteiger partial charge on any atom is -0.495 e. The van der Waals surface area contributed by atoms with Crippen LogP contribution >= 0.6 is 11.6 Å². The van der Waals surface area contributed by atoms with E-state index in [-0.39, 0.29) is 11.4 Å². The molecule has 0 spiro atoms. The summed E-state index contributed by atoms with van der Waals surface area (Å²) in [6.45, 7) is -0.695. The van der Waals surface area contributed by atoms with Gasteiger partial charge in [-0.1, -0.05) is 35.9 Å². The molecule has 0 radical (unpaired) electrons. The molecule has 1 N–H and O–H groups in total. The summed E-state index contributed by atoms with van der Waals surface area (Å²) in [5, 5.41) is 4.44. The number of amides is 2. The Morgan fingerprint density at radius 3 is 2.56 bits per heavy atom. The first-order valence-corrected chi connectivity index (χ1v) is 11.5. The maximum absolute atomic E-state index is 13.0. The summed E-state index contributed by atoms with van der Waals surface area (Å²) < 4.78 is 32.4. The molecule has 0 atom stereocenters. The number of rotatable bonds is 6. The van der Waals surface area contributed by atoms with Crippen molar-refractivity contribution in [1.29, 1.82) is 0 Å². The van der Waals surface area contributed by atoms with Crippen molar-refractivity contribution in [1.82, 2.24) is 4.90 Å². The first-order valence-electron chi connectivity index (χ1n) is 9.64. The Balaban J connectivity index is 1.48. The molecular weight excluding hydrogens is 454 g/mol. The second kappa shape index (κ2) is 8.33. The number of carbonyl (C=O) groups is 2. The Morgan fingerprint density at radius 1 is 1.12 bits per heavy atom. The van der Waals surface area contributed by atoms with Gasteiger partial charge in [0, 0.05) is 17.5 Å². The maximum atomic E-state index is 13.0. The molecular formula is C22H20ClN3O5S. The summed E-state index contributed by atoms with van der Waals surface area (Å²) in [5.74, 6) is -0.576. The standard InChI is InChI=1S/C22H20ClN3O5S/c1-25(12-20(27)24-16-11-15(23)9-10-18(16)31-2)21(28)13-26-17-7-3-5-14-6-4-8-19(22(14)17)32(26,29)30/h3-11H,12-13H2,1-2H3,(H,24,27). The van der Waals surface area contributed by atoms with E-state index in [0.29, 0.717) is 27.5 Å². The number of anilines is 2. The monoisotopic (exact) mass is 473 g/mol. The summed E-state index contributed by atoms with van der Waals surface area (Å²) in [6, 6.07) is 15.0. The lowest BCUT2D eigenvalue weighted by molar-refractivity contribution is -0.131. The molecule has 0 saturated heterocycles. The molecule has 3 aromatic rings. The number of ether oxygens (including phenoxy) is 1. The van der Waals surface area contributed by atoms with Crippen LogP contribution in [0.1, 0.15) is 0 Å². The Bertz CT molecular complexity index is 1340. The molecule has 10 heteroatoms. The van der Waals surface area contributed by atoms with Gasteiger partial charge in [-0.05, 0) is 35.7 Å². The van der Waals surface area contributed by atoms with E-state index in [9.17, 15) is 18.0 Å². The normalized spacial score (nSPS) is 13.8. The van der Waals surface area contributed by atoms with Gasteiger partial charge in [-0.2, -0.15) is 0 Å². The lowest BCUT2D eigenvalue weighted by Crippen LogP contribution is -2.42. The van der Waals surface area contributed by atoms with E-state index >= 15 is 0 Å². The highest BCUT2D eigenvalue weighted by atomic mass is 35.5. The lowest BCUT2D eigenvalue weighted by Gasteiger charge is -2.23. The molecule has 0 saturated carbocycles. The minimum atomic E-state index is -3.86. The van der Waals surface area contributed by atoms with Crippen molar-refractivity contribution in [2.75, 3.05) is 36.9 Å². The molecule has 0 unspecified atom stereocenters. The van der Waals surface area contributed by atoms with Crippen LogP contribution in [0.25, 0.3) is 10.8 Å². The van der Waals surface area contributed by atoms with Crippen molar-refractivity contribution in [2.24, 2.45) is 0 Å². The van der Waals surface area contributed by atoms with Gasteiger partial charge in [0.15, 0.2) is 0 Å². The van der Waals surface area contributed by atoms with Gasteiger partial charge >= 0.3 is 0 Å². The van der Waals surface area contributed by atoms with Crippen molar-refractivity contribution in [2.45, 2.75) is 4.90 Å². The fourth-order valence-electron chi connectivity index (χ4n) is 3.64. The van der Waals surface area contributed by atoms with E-state index in [1.165, 1.54) is 31.2 Å². The first-order chi connectivity index (χ1) is 15.2. The number of methoxy groups -OCH3 is 1. The van der Waals surface area contributed by atoms with Gasteiger partial charge in [0.1, 0.15) is 12.3 Å². The van der Waals surface area contributed by atoms with Crippen LogP contribution in [0.4, 0.5) is 11.4 Å². The number of nitrogens with zero attached hydrogens (tertiary/aromatic N) is 2. The van der Waals surface area contributed by atoms with Gasteiger partial charge in [-0.15, -0.1) is 0 Å². The highest BCUT2D eigenvalue weighted by Crippen LogP contribution is 2.41. The van der Waals surface area contributed by atoms with Gasteiger partial charge in [0.25, 0.3) is 10.0 Å². The number of sulfonamides is 1. The van der Waals surface area contributed by atoms with Crippen molar-refractivity contribution in [3.8, 4) is 5.75 Å².